The molecule has 2 N–H and O–H groups in total. The zero-order valence-electron chi connectivity index (χ0n) is 10.1. The standard InChI is InChI=1S/C12H23NO2/c1-4-9(2)7-12(8-13,10-5-6-10)11(14)15-3/h9-10H,4-8,13H2,1-3H3. The van der Waals surface area contributed by atoms with Crippen molar-refractivity contribution in [2.75, 3.05) is 13.7 Å². The van der Waals surface area contributed by atoms with Crippen LogP contribution < -0.4 is 5.73 Å². The maximum absolute atomic E-state index is 11.9. The molecule has 0 amide bonds. The Kier molecular flexibility index (Phi) is 4.14. The minimum atomic E-state index is -0.399. The van der Waals surface area contributed by atoms with E-state index in [9.17, 15) is 4.79 Å². The molecule has 88 valence electrons. The van der Waals surface area contributed by atoms with Gasteiger partial charge in [0.15, 0.2) is 0 Å². The molecule has 3 nitrogen and oxygen atoms in total. The highest BCUT2D eigenvalue weighted by Gasteiger charge is 2.51. The van der Waals surface area contributed by atoms with E-state index in [-0.39, 0.29) is 5.97 Å². The molecule has 0 saturated heterocycles. The van der Waals surface area contributed by atoms with Crippen LogP contribution >= 0.6 is 0 Å². The van der Waals surface area contributed by atoms with Gasteiger partial charge in [-0.15, -0.1) is 0 Å². The maximum Gasteiger partial charge on any atom is 0.313 e. The van der Waals surface area contributed by atoms with Gasteiger partial charge in [0.05, 0.1) is 12.5 Å². The second kappa shape index (κ2) is 4.97. The number of hydrogen-bond donors (Lipinski definition) is 1. The van der Waals surface area contributed by atoms with Crippen LogP contribution in [0.1, 0.15) is 39.5 Å². The third-order valence-corrected chi connectivity index (χ3v) is 3.72. The molecule has 0 radical (unpaired) electrons. The molecule has 0 aliphatic heterocycles. The summed E-state index contributed by atoms with van der Waals surface area (Å²) in [6, 6.07) is 0. The van der Waals surface area contributed by atoms with Gasteiger partial charge in [0.2, 0.25) is 0 Å². The molecule has 0 spiro atoms. The van der Waals surface area contributed by atoms with Crippen LogP contribution in [-0.2, 0) is 9.53 Å². The van der Waals surface area contributed by atoms with Gasteiger partial charge in [0, 0.05) is 6.54 Å². The van der Waals surface area contributed by atoms with Crippen molar-refractivity contribution in [3.63, 3.8) is 0 Å². The summed E-state index contributed by atoms with van der Waals surface area (Å²) in [6.07, 6.45) is 4.22. The lowest BCUT2D eigenvalue weighted by Crippen LogP contribution is -2.42. The molecule has 2 atom stereocenters. The van der Waals surface area contributed by atoms with Crippen LogP contribution in [0, 0.1) is 17.3 Å². The number of methoxy groups -OCH3 is 1. The molecule has 1 rings (SSSR count). The van der Waals surface area contributed by atoms with Gasteiger partial charge >= 0.3 is 5.97 Å². The van der Waals surface area contributed by atoms with Crippen molar-refractivity contribution >= 4 is 5.97 Å². The average molecular weight is 213 g/mol. The van der Waals surface area contributed by atoms with Crippen molar-refractivity contribution in [2.24, 2.45) is 23.0 Å². The fourth-order valence-corrected chi connectivity index (χ4v) is 2.36. The minimum absolute atomic E-state index is 0.104. The molecule has 3 heteroatoms. The van der Waals surface area contributed by atoms with Crippen LogP contribution in [0.2, 0.25) is 0 Å². The number of esters is 1. The number of nitrogens with two attached hydrogens (primary N) is 1. The highest BCUT2D eigenvalue weighted by molar-refractivity contribution is 5.78. The predicted molar refractivity (Wildman–Crippen MR) is 60.3 cm³/mol. The second-order valence-corrected chi connectivity index (χ2v) is 4.84. The number of hydrogen-bond acceptors (Lipinski definition) is 3. The van der Waals surface area contributed by atoms with Crippen LogP contribution in [-0.4, -0.2) is 19.6 Å². The molecule has 1 aliphatic rings. The zero-order valence-corrected chi connectivity index (χ0v) is 10.1. The average Bonchev–Trinajstić information content (AvgIpc) is 3.08. The van der Waals surface area contributed by atoms with Crippen molar-refractivity contribution in [1.82, 2.24) is 0 Å². The van der Waals surface area contributed by atoms with E-state index in [4.69, 9.17) is 10.5 Å². The van der Waals surface area contributed by atoms with E-state index in [1.54, 1.807) is 0 Å². The number of carbonyl (C=O) groups excluding carboxylic acids is 1. The van der Waals surface area contributed by atoms with Gasteiger partial charge in [0.25, 0.3) is 0 Å². The molecule has 1 fully saturated rings. The first-order valence-corrected chi connectivity index (χ1v) is 5.89. The highest BCUT2D eigenvalue weighted by Crippen LogP contribution is 2.49. The summed E-state index contributed by atoms with van der Waals surface area (Å²) in [7, 11) is 1.46. The SMILES string of the molecule is CCC(C)CC(CN)(C(=O)OC)C1CC1. The first kappa shape index (κ1) is 12.5. The van der Waals surface area contributed by atoms with E-state index in [1.807, 2.05) is 0 Å². The predicted octanol–water partition coefficient (Wildman–Crippen LogP) is 1.95. The number of carbonyl (C=O) groups is 1. The number of ether oxygens (including phenoxy) is 1. The van der Waals surface area contributed by atoms with Crippen LogP contribution in [0.4, 0.5) is 0 Å². The molecule has 1 saturated carbocycles. The topological polar surface area (TPSA) is 52.3 Å². The summed E-state index contributed by atoms with van der Waals surface area (Å²) >= 11 is 0. The Morgan fingerprint density at radius 2 is 2.20 bits per heavy atom. The highest BCUT2D eigenvalue weighted by atomic mass is 16.5. The Morgan fingerprint density at radius 1 is 1.60 bits per heavy atom. The van der Waals surface area contributed by atoms with Crippen molar-refractivity contribution in [1.29, 1.82) is 0 Å². The molecule has 0 aromatic carbocycles. The van der Waals surface area contributed by atoms with E-state index >= 15 is 0 Å². The van der Waals surface area contributed by atoms with E-state index < -0.39 is 5.41 Å². The number of rotatable bonds is 6. The largest absolute Gasteiger partial charge is 0.469 e. The lowest BCUT2D eigenvalue weighted by molar-refractivity contribution is -0.155. The normalized spacial score (nSPS) is 21.9. The summed E-state index contributed by atoms with van der Waals surface area (Å²) in [5, 5.41) is 0. The lowest BCUT2D eigenvalue weighted by atomic mass is 9.75. The Hall–Kier alpha value is -0.570. The molecule has 15 heavy (non-hydrogen) atoms. The van der Waals surface area contributed by atoms with Gasteiger partial charge in [-0.1, -0.05) is 20.3 Å². The van der Waals surface area contributed by atoms with Crippen LogP contribution in [0.15, 0.2) is 0 Å². The Bertz CT molecular complexity index is 226. The second-order valence-electron chi connectivity index (χ2n) is 4.84. The molecule has 1 aliphatic carbocycles. The van der Waals surface area contributed by atoms with E-state index in [2.05, 4.69) is 13.8 Å². The first-order valence-electron chi connectivity index (χ1n) is 5.89. The monoisotopic (exact) mass is 213 g/mol. The fraction of sp³-hybridized carbons (Fsp3) is 0.917. The lowest BCUT2D eigenvalue weighted by Gasteiger charge is -2.32. The third kappa shape index (κ3) is 2.51. The molecule has 0 heterocycles. The van der Waals surface area contributed by atoms with Gasteiger partial charge in [-0.25, -0.2) is 0 Å². The summed E-state index contributed by atoms with van der Waals surface area (Å²) in [5.74, 6) is 0.894. The molecule has 0 aromatic heterocycles. The molecular formula is C12H23NO2. The van der Waals surface area contributed by atoms with Gasteiger partial charge in [-0.2, -0.15) is 0 Å². The van der Waals surface area contributed by atoms with Crippen LogP contribution in [0.3, 0.4) is 0 Å². The van der Waals surface area contributed by atoms with Gasteiger partial charge in [0.1, 0.15) is 0 Å². The van der Waals surface area contributed by atoms with Crippen molar-refractivity contribution < 1.29 is 9.53 Å². The zero-order chi connectivity index (χ0) is 11.5. The summed E-state index contributed by atoms with van der Waals surface area (Å²) in [6.45, 7) is 4.75. The van der Waals surface area contributed by atoms with Crippen molar-refractivity contribution in [3.05, 3.63) is 0 Å². The molecular weight excluding hydrogens is 190 g/mol. The smallest absolute Gasteiger partial charge is 0.313 e. The van der Waals surface area contributed by atoms with Crippen molar-refractivity contribution in [2.45, 2.75) is 39.5 Å². The Labute approximate surface area is 92.4 Å². The Balaban J connectivity index is 2.78. The van der Waals surface area contributed by atoms with E-state index in [1.165, 1.54) is 7.11 Å². The van der Waals surface area contributed by atoms with Crippen molar-refractivity contribution in [3.8, 4) is 0 Å². The molecule has 0 bridgehead atoms. The van der Waals surface area contributed by atoms with Crippen LogP contribution in [0.5, 0.6) is 0 Å². The quantitative estimate of drug-likeness (QED) is 0.686. The van der Waals surface area contributed by atoms with Gasteiger partial charge < -0.3 is 10.5 Å². The first-order chi connectivity index (χ1) is 7.10. The molecule has 0 aromatic rings. The van der Waals surface area contributed by atoms with E-state index in [0.717, 1.165) is 25.7 Å². The van der Waals surface area contributed by atoms with E-state index in [0.29, 0.717) is 18.4 Å². The van der Waals surface area contributed by atoms with Crippen LogP contribution in [0.25, 0.3) is 0 Å². The fourth-order valence-electron chi connectivity index (χ4n) is 2.36. The van der Waals surface area contributed by atoms with Gasteiger partial charge in [-0.3, -0.25) is 4.79 Å². The maximum atomic E-state index is 11.9. The summed E-state index contributed by atoms with van der Waals surface area (Å²) < 4.78 is 4.93. The molecule has 2 unspecified atom stereocenters. The summed E-state index contributed by atoms with van der Waals surface area (Å²) in [4.78, 5) is 11.9. The minimum Gasteiger partial charge on any atom is -0.469 e. The van der Waals surface area contributed by atoms with Gasteiger partial charge in [-0.05, 0) is 31.1 Å². The summed E-state index contributed by atoms with van der Waals surface area (Å²) in [5.41, 5.74) is 5.43. The Morgan fingerprint density at radius 3 is 2.53 bits per heavy atom. The third-order valence-electron chi connectivity index (χ3n) is 3.72.